The van der Waals surface area contributed by atoms with E-state index in [0.29, 0.717) is 0 Å². The SMILES string of the molecule is NCC1CCSCC1C1CCC1. The zero-order valence-electron chi connectivity index (χ0n) is 7.67. The van der Waals surface area contributed by atoms with Gasteiger partial charge in [0.15, 0.2) is 0 Å². The number of thioether (sulfide) groups is 1. The van der Waals surface area contributed by atoms with Crippen molar-refractivity contribution in [3.63, 3.8) is 0 Å². The van der Waals surface area contributed by atoms with Gasteiger partial charge in [0.05, 0.1) is 0 Å². The van der Waals surface area contributed by atoms with Gasteiger partial charge in [-0.25, -0.2) is 0 Å². The van der Waals surface area contributed by atoms with Crippen molar-refractivity contribution in [2.75, 3.05) is 18.1 Å². The number of nitrogens with two attached hydrogens (primary N) is 1. The van der Waals surface area contributed by atoms with Gasteiger partial charge in [0.1, 0.15) is 0 Å². The summed E-state index contributed by atoms with van der Waals surface area (Å²) in [6, 6.07) is 0. The molecule has 0 radical (unpaired) electrons. The molecule has 70 valence electrons. The normalized spacial score (nSPS) is 37.8. The first-order valence-electron chi connectivity index (χ1n) is 5.19. The maximum atomic E-state index is 5.80. The summed E-state index contributed by atoms with van der Waals surface area (Å²) in [4.78, 5) is 0. The maximum absolute atomic E-state index is 5.80. The van der Waals surface area contributed by atoms with Crippen LogP contribution in [0, 0.1) is 17.8 Å². The zero-order chi connectivity index (χ0) is 8.39. The highest BCUT2D eigenvalue weighted by molar-refractivity contribution is 7.99. The average Bonchev–Trinajstić information content (AvgIpc) is 2.02. The molecular formula is C10H19NS. The molecule has 0 spiro atoms. The molecular weight excluding hydrogens is 166 g/mol. The lowest BCUT2D eigenvalue weighted by Crippen LogP contribution is -2.37. The zero-order valence-corrected chi connectivity index (χ0v) is 8.48. The van der Waals surface area contributed by atoms with Gasteiger partial charge in [-0.1, -0.05) is 19.3 Å². The second-order valence-electron chi connectivity index (χ2n) is 4.21. The van der Waals surface area contributed by atoms with Crippen molar-refractivity contribution in [1.29, 1.82) is 0 Å². The smallest absolute Gasteiger partial charge is 0.00334 e. The molecule has 1 saturated carbocycles. The molecule has 0 amide bonds. The molecule has 2 heteroatoms. The van der Waals surface area contributed by atoms with Crippen molar-refractivity contribution in [2.45, 2.75) is 25.7 Å². The van der Waals surface area contributed by atoms with Crippen LogP contribution in [-0.4, -0.2) is 18.1 Å². The Bertz CT molecular complexity index is 145. The van der Waals surface area contributed by atoms with E-state index in [1.165, 1.54) is 37.2 Å². The summed E-state index contributed by atoms with van der Waals surface area (Å²) in [5.74, 6) is 5.63. The van der Waals surface area contributed by atoms with Crippen LogP contribution in [0.2, 0.25) is 0 Å². The van der Waals surface area contributed by atoms with E-state index >= 15 is 0 Å². The second-order valence-corrected chi connectivity index (χ2v) is 5.36. The van der Waals surface area contributed by atoms with Crippen LogP contribution in [-0.2, 0) is 0 Å². The Kier molecular flexibility index (Phi) is 2.97. The standard InChI is InChI=1S/C10H19NS/c11-6-9-4-5-12-7-10(9)8-2-1-3-8/h8-10H,1-7,11H2. The fourth-order valence-electron chi connectivity index (χ4n) is 2.49. The van der Waals surface area contributed by atoms with Gasteiger partial charge >= 0.3 is 0 Å². The number of hydrogen-bond acceptors (Lipinski definition) is 2. The van der Waals surface area contributed by atoms with Gasteiger partial charge < -0.3 is 5.73 Å². The number of rotatable bonds is 2. The Balaban J connectivity index is 1.90. The second kappa shape index (κ2) is 4.01. The fourth-order valence-corrected chi connectivity index (χ4v) is 3.94. The van der Waals surface area contributed by atoms with E-state index in [0.717, 1.165) is 24.3 Å². The highest BCUT2D eigenvalue weighted by Crippen LogP contribution is 2.42. The van der Waals surface area contributed by atoms with Gasteiger partial charge in [-0.15, -0.1) is 0 Å². The summed E-state index contributed by atoms with van der Waals surface area (Å²) in [5, 5.41) is 0. The summed E-state index contributed by atoms with van der Waals surface area (Å²) in [6.07, 6.45) is 5.83. The summed E-state index contributed by atoms with van der Waals surface area (Å²) < 4.78 is 0. The minimum atomic E-state index is 0.858. The van der Waals surface area contributed by atoms with Gasteiger partial charge in [0.2, 0.25) is 0 Å². The molecule has 0 aromatic rings. The van der Waals surface area contributed by atoms with Crippen LogP contribution in [0.3, 0.4) is 0 Å². The van der Waals surface area contributed by atoms with Crippen molar-refractivity contribution < 1.29 is 0 Å². The van der Waals surface area contributed by atoms with Crippen LogP contribution in [0.5, 0.6) is 0 Å². The summed E-state index contributed by atoms with van der Waals surface area (Å²) in [7, 11) is 0. The molecule has 0 aromatic heterocycles. The molecule has 1 saturated heterocycles. The monoisotopic (exact) mass is 185 g/mol. The molecule has 12 heavy (non-hydrogen) atoms. The van der Waals surface area contributed by atoms with Gasteiger partial charge in [-0.3, -0.25) is 0 Å². The molecule has 1 nitrogen and oxygen atoms in total. The van der Waals surface area contributed by atoms with E-state index in [9.17, 15) is 0 Å². The molecule has 1 aliphatic heterocycles. The molecule has 2 aliphatic rings. The van der Waals surface area contributed by atoms with Crippen LogP contribution < -0.4 is 5.73 Å². The average molecular weight is 185 g/mol. The minimum absolute atomic E-state index is 0.858. The largest absolute Gasteiger partial charge is 0.330 e. The molecule has 2 fully saturated rings. The van der Waals surface area contributed by atoms with Crippen LogP contribution in [0.25, 0.3) is 0 Å². The van der Waals surface area contributed by atoms with Gasteiger partial charge in [0, 0.05) is 0 Å². The Morgan fingerprint density at radius 1 is 1.25 bits per heavy atom. The molecule has 0 aromatic carbocycles. The summed E-state index contributed by atoms with van der Waals surface area (Å²) in [6.45, 7) is 0.932. The van der Waals surface area contributed by atoms with Crippen LogP contribution >= 0.6 is 11.8 Å². The van der Waals surface area contributed by atoms with Crippen molar-refractivity contribution >= 4 is 11.8 Å². The number of hydrogen-bond donors (Lipinski definition) is 1. The van der Waals surface area contributed by atoms with Gasteiger partial charge in [-0.2, -0.15) is 11.8 Å². The van der Waals surface area contributed by atoms with E-state index < -0.39 is 0 Å². The maximum Gasteiger partial charge on any atom is -0.00334 e. The summed E-state index contributed by atoms with van der Waals surface area (Å²) in [5.41, 5.74) is 5.80. The van der Waals surface area contributed by atoms with E-state index in [1.54, 1.807) is 0 Å². The van der Waals surface area contributed by atoms with Crippen molar-refractivity contribution in [1.82, 2.24) is 0 Å². The molecule has 2 atom stereocenters. The highest BCUT2D eigenvalue weighted by atomic mass is 32.2. The Hall–Kier alpha value is 0.310. The first kappa shape index (κ1) is 8.89. The first-order chi connectivity index (χ1) is 5.92. The molecule has 2 rings (SSSR count). The Morgan fingerprint density at radius 2 is 2.08 bits per heavy atom. The first-order valence-corrected chi connectivity index (χ1v) is 6.35. The van der Waals surface area contributed by atoms with Crippen molar-refractivity contribution in [3.8, 4) is 0 Å². The minimum Gasteiger partial charge on any atom is -0.330 e. The molecule has 2 N–H and O–H groups in total. The topological polar surface area (TPSA) is 26.0 Å². The van der Waals surface area contributed by atoms with E-state index in [2.05, 4.69) is 11.8 Å². The van der Waals surface area contributed by atoms with Crippen molar-refractivity contribution in [2.24, 2.45) is 23.5 Å². The van der Waals surface area contributed by atoms with E-state index in [4.69, 9.17) is 5.73 Å². The summed E-state index contributed by atoms with van der Waals surface area (Å²) >= 11 is 2.14. The molecule has 0 bridgehead atoms. The fraction of sp³-hybridized carbons (Fsp3) is 1.00. The van der Waals surface area contributed by atoms with E-state index in [-0.39, 0.29) is 0 Å². The molecule has 2 unspecified atom stereocenters. The molecule has 1 aliphatic carbocycles. The van der Waals surface area contributed by atoms with E-state index in [1.807, 2.05) is 0 Å². The lowest BCUT2D eigenvalue weighted by Gasteiger charge is -2.40. The van der Waals surface area contributed by atoms with Crippen LogP contribution in [0.4, 0.5) is 0 Å². The van der Waals surface area contributed by atoms with Crippen LogP contribution in [0.1, 0.15) is 25.7 Å². The Morgan fingerprint density at radius 3 is 2.67 bits per heavy atom. The molecule has 1 heterocycles. The highest BCUT2D eigenvalue weighted by Gasteiger charge is 2.34. The van der Waals surface area contributed by atoms with Crippen molar-refractivity contribution in [3.05, 3.63) is 0 Å². The third-order valence-electron chi connectivity index (χ3n) is 3.61. The third kappa shape index (κ3) is 1.64. The predicted octanol–water partition coefficient (Wildman–Crippen LogP) is 2.11. The quantitative estimate of drug-likeness (QED) is 0.713. The lowest BCUT2D eigenvalue weighted by atomic mass is 9.70. The van der Waals surface area contributed by atoms with Gasteiger partial charge in [-0.05, 0) is 42.2 Å². The predicted molar refractivity (Wildman–Crippen MR) is 55.3 cm³/mol. The van der Waals surface area contributed by atoms with Crippen LogP contribution in [0.15, 0.2) is 0 Å². The third-order valence-corrected chi connectivity index (χ3v) is 4.75. The van der Waals surface area contributed by atoms with Gasteiger partial charge in [0.25, 0.3) is 0 Å². The lowest BCUT2D eigenvalue weighted by molar-refractivity contribution is 0.160. The Labute approximate surface area is 79.5 Å².